The Kier molecular flexibility index (Phi) is 4.15. The lowest BCUT2D eigenvalue weighted by Crippen LogP contribution is -1.97. The van der Waals surface area contributed by atoms with Gasteiger partial charge in [0.25, 0.3) is 5.69 Å². The second-order valence-electron chi connectivity index (χ2n) is 3.22. The normalized spacial score (nSPS) is 9.38. The topological polar surface area (TPSA) is 69.2 Å². The third kappa shape index (κ3) is 2.88. The number of alkyl halides is 1. The number of nitrogens with zero attached hydrogens (tertiary/aromatic N) is 1. The minimum atomic E-state index is -0.457. The molecule has 5 heteroatoms. The van der Waals surface area contributed by atoms with Crippen LogP contribution >= 0.6 is 11.6 Å². The van der Waals surface area contributed by atoms with Crippen molar-refractivity contribution in [2.45, 2.75) is 13.3 Å². The number of halogens is 1. The van der Waals surface area contributed by atoms with Gasteiger partial charge in [-0.3, -0.25) is 10.1 Å². The molecule has 0 saturated heterocycles. The Bertz CT molecular complexity index is 475. The summed E-state index contributed by atoms with van der Waals surface area (Å²) in [5.41, 5.74) is 7.16. The number of nitro groups is 1. The number of hydrogen-bond acceptors (Lipinski definition) is 3. The molecule has 0 bridgehead atoms. The second-order valence-corrected chi connectivity index (χ2v) is 3.60. The van der Waals surface area contributed by atoms with E-state index in [9.17, 15) is 10.1 Å². The molecule has 0 aliphatic rings. The molecule has 0 atom stereocenters. The second kappa shape index (κ2) is 5.38. The first-order valence-corrected chi connectivity index (χ1v) is 5.19. The molecular weight excluding hydrogens is 228 g/mol. The molecule has 84 valence electrons. The molecule has 0 spiro atoms. The van der Waals surface area contributed by atoms with Crippen LogP contribution in [-0.2, 0) is 0 Å². The average molecular weight is 239 g/mol. The highest BCUT2D eigenvalue weighted by Crippen LogP contribution is 2.24. The molecule has 0 aliphatic heterocycles. The van der Waals surface area contributed by atoms with E-state index in [1.807, 2.05) is 0 Å². The largest absolute Gasteiger partial charge is 0.398 e. The summed E-state index contributed by atoms with van der Waals surface area (Å²) in [6.45, 7) is 1.66. The number of aryl methyl sites for hydroxylation is 1. The van der Waals surface area contributed by atoms with Crippen LogP contribution in [0.5, 0.6) is 0 Å². The van der Waals surface area contributed by atoms with Gasteiger partial charge in [0.05, 0.1) is 10.6 Å². The van der Waals surface area contributed by atoms with Crippen LogP contribution in [0.1, 0.15) is 17.5 Å². The van der Waals surface area contributed by atoms with E-state index in [4.69, 9.17) is 17.3 Å². The predicted molar refractivity (Wildman–Crippen MR) is 64.5 cm³/mol. The Morgan fingerprint density at radius 3 is 2.81 bits per heavy atom. The summed E-state index contributed by atoms with van der Waals surface area (Å²) in [6.07, 6.45) is 0.566. The lowest BCUT2D eigenvalue weighted by atomic mass is 10.1. The maximum absolute atomic E-state index is 10.6. The van der Waals surface area contributed by atoms with E-state index in [1.54, 1.807) is 13.0 Å². The minimum Gasteiger partial charge on any atom is -0.398 e. The minimum absolute atomic E-state index is 0.0143. The summed E-state index contributed by atoms with van der Waals surface area (Å²) in [5, 5.41) is 10.6. The monoisotopic (exact) mass is 238 g/mol. The van der Waals surface area contributed by atoms with Crippen molar-refractivity contribution in [3.05, 3.63) is 33.4 Å². The van der Waals surface area contributed by atoms with Gasteiger partial charge in [-0.05, 0) is 13.0 Å². The van der Waals surface area contributed by atoms with Crippen molar-refractivity contribution in [3.8, 4) is 11.8 Å². The van der Waals surface area contributed by atoms with Crippen molar-refractivity contribution in [1.82, 2.24) is 0 Å². The van der Waals surface area contributed by atoms with E-state index in [0.29, 0.717) is 29.1 Å². The van der Waals surface area contributed by atoms with Crippen LogP contribution in [0.25, 0.3) is 0 Å². The molecule has 1 rings (SSSR count). The Labute approximate surface area is 98.6 Å². The fourth-order valence-electron chi connectivity index (χ4n) is 1.22. The zero-order chi connectivity index (χ0) is 12.1. The standard InChI is InChI=1S/C11H11ClN2O2/c1-8-6-9(4-2-3-5-12)10(13)7-11(8)14(15)16/h6-7H,3,5,13H2,1H3. The van der Waals surface area contributed by atoms with Gasteiger partial charge in [0.15, 0.2) is 0 Å². The number of nitrogen functional groups attached to an aromatic ring is 1. The number of anilines is 1. The average Bonchev–Trinajstić information content (AvgIpc) is 2.22. The van der Waals surface area contributed by atoms with Gasteiger partial charge < -0.3 is 5.73 Å². The Hall–Kier alpha value is -1.73. The van der Waals surface area contributed by atoms with Gasteiger partial charge in [0.1, 0.15) is 0 Å². The molecular formula is C11H11ClN2O2. The summed E-state index contributed by atoms with van der Waals surface area (Å²) < 4.78 is 0. The van der Waals surface area contributed by atoms with Crippen LogP contribution in [0.3, 0.4) is 0 Å². The van der Waals surface area contributed by atoms with Crippen molar-refractivity contribution in [1.29, 1.82) is 0 Å². The lowest BCUT2D eigenvalue weighted by molar-refractivity contribution is -0.385. The third-order valence-corrected chi connectivity index (χ3v) is 2.20. The summed E-state index contributed by atoms with van der Waals surface area (Å²) in [5.74, 6) is 6.13. The number of nitrogens with two attached hydrogens (primary N) is 1. The molecule has 0 aromatic heterocycles. The van der Waals surface area contributed by atoms with Gasteiger partial charge in [-0.2, -0.15) is 0 Å². The number of rotatable bonds is 2. The maximum Gasteiger partial charge on any atom is 0.274 e. The molecule has 4 nitrogen and oxygen atoms in total. The molecule has 0 unspecified atom stereocenters. The van der Waals surface area contributed by atoms with Crippen molar-refractivity contribution in [2.24, 2.45) is 0 Å². The van der Waals surface area contributed by atoms with Crippen molar-refractivity contribution < 1.29 is 4.92 Å². The summed E-state index contributed by atoms with van der Waals surface area (Å²) >= 11 is 5.48. The fraction of sp³-hybridized carbons (Fsp3) is 0.273. The zero-order valence-electron chi connectivity index (χ0n) is 8.79. The van der Waals surface area contributed by atoms with Crippen LogP contribution in [0.2, 0.25) is 0 Å². The van der Waals surface area contributed by atoms with Crippen LogP contribution in [0.15, 0.2) is 12.1 Å². The predicted octanol–water partition coefficient (Wildman–Crippen LogP) is 2.47. The molecule has 0 radical (unpaired) electrons. The van der Waals surface area contributed by atoms with Crippen LogP contribution in [0, 0.1) is 28.9 Å². The van der Waals surface area contributed by atoms with Gasteiger partial charge in [-0.1, -0.05) is 11.8 Å². The lowest BCUT2D eigenvalue weighted by Gasteiger charge is -2.01. The summed E-state index contributed by atoms with van der Waals surface area (Å²) in [4.78, 5) is 10.2. The van der Waals surface area contributed by atoms with E-state index < -0.39 is 4.92 Å². The van der Waals surface area contributed by atoms with Gasteiger partial charge >= 0.3 is 0 Å². The van der Waals surface area contributed by atoms with Crippen molar-refractivity contribution in [2.75, 3.05) is 11.6 Å². The highest BCUT2D eigenvalue weighted by Gasteiger charge is 2.12. The summed E-state index contributed by atoms with van der Waals surface area (Å²) in [7, 11) is 0. The van der Waals surface area contributed by atoms with Gasteiger partial charge in [0.2, 0.25) is 0 Å². The molecule has 1 aromatic carbocycles. The van der Waals surface area contributed by atoms with Crippen LogP contribution in [-0.4, -0.2) is 10.8 Å². The van der Waals surface area contributed by atoms with E-state index >= 15 is 0 Å². The molecule has 0 aliphatic carbocycles. The molecule has 0 saturated carbocycles. The highest BCUT2D eigenvalue weighted by molar-refractivity contribution is 6.18. The fourth-order valence-corrected chi connectivity index (χ4v) is 1.32. The quantitative estimate of drug-likeness (QED) is 0.283. The molecule has 0 heterocycles. The highest BCUT2D eigenvalue weighted by atomic mass is 35.5. The molecule has 0 amide bonds. The van der Waals surface area contributed by atoms with E-state index in [2.05, 4.69) is 11.8 Å². The maximum atomic E-state index is 10.6. The Balaban J connectivity index is 3.12. The zero-order valence-corrected chi connectivity index (χ0v) is 9.54. The SMILES string of the molecule is Cc1cc(C#CCCCl)c(N)cc1[N+](=O)[O-]. The van der Waals surface area contributed by atoms with Gasteiger partial charge in [-0.15, -0.1) is 11.6 Å². The van der Waals surface area contributed by atoms with Crippen LogP contribution in [0.4, 0.5) is 11.4 Å². The molecule has 2 N–H and O–H groups in total. The smallest absolute Gasteiger partial charge is 0.274 e. The van der Waals surface area contributed by atoms with Crippen LogP contribution < -0.4 is 5.73 Å². The van der Waals surface area contributed by atoms with E-state index in [0.717, 1.165) is 0 Å². The van der Waals surface area contributed by atoms with Crippen molar-refractivity contribution >= 4 is 23.0 Å². The number of hydrogen-bond donors (Lipinski definition) is 1. The first-order valence-electron chi connectivity index (χ1n) is 4.65. The number of benzene rings is 1. The molecule has 16 heavy (non-hydrogen) atoms. The molecule has 0 fully saturated rings. The number of nitro benzene ring substituents is 1. The van der Waals surface area contributed by atoms with E-state index in [1.165, 1.54) is 6.07 Å². The first kappa shape index (κ1) is 12.3. The molecule has 1 aromatic rings. The summed E-state index contributed by atoms with van der Waals surface area (Å²) in [6, 6.07) is 2.95. The van der Waals surface area contributed by atoms with E-state index in [-0.39, 0.29) is 5.69 Å². The van der Waals surface area contributed by atoms with Gasteiger partial charge in [-0.25, -0.2) is 0 Å². The first-order chi connectivity index (χ1) is 7.56. The third-order valence-electron chi connectivity index (χ3n) is 2.01. The van der Waals surface area contributed by atoms with Gasteiger partial charge in [0, 0.05) is 29.5 Å². The Morgan fingerprint density at radius 1 is 1.56 bits per heavy atom. The Morgan fingerprint density at radius 2 is 2.25 bits per heavy atom. The van der Waals surface area contributed by atoms with Crippen molar-refractivity contribution in [3.63, 3.8) is 0 Å².